The number of nitrogens with zero attached hydrogens (tertiary/aromatic N) is 3. The summed E-state index contributed by atoms with van der Waals surface area (Å²) >= 11 is 0. The minimum Gasteiger partial charge on any atom is -0.381 e. The molecule has 8 nitrogen and oxygen atoms in total. The maximum Gasteiger partial charge on any atom is 0.247 e. The van der Waals surface area contributed by atoms with Crippen molar-refractivity contribution in [2.75, 3.05) is 47.6 Å². The SMILES string of the molecule is C=CC(=O)Nc1cccc(Nc2nc(Nc3ccc(N[C@H]4CCN(CCF)C4)cc3)ncc2F)c1. The molecular weight excluding hydrogens is 452 g/mol. The van der Waals surface area contributed by atoms with Gasteiger partial charge in [0.2, 0.25) is 11.9 Å². The number of alkyl halides is 1. The van der Waals surface area contributed by atoms with Crippen molar-refractivity contribution in [1.82, 2.24) is 14.9 Å². The topological polar surface area (TPSA) is 94.2 Å². The van der Waals surface area contributed by atoms with Gasteiger partial charge in [-0.3, -0.25) is 9.69 Å². The van der Waals surface area contributed by atoms with Gasteiger partial charge in [-0.25, -0.2) is 13.8 Å². The van der Waals surface area contributed by atoms with Crippen molar-refractivity contribution in [3.8, 4) is 0 Å². The van der Waals surface area contributed by atoms with Crippen LogP contribution in [0, 0.1) is 5.82 Å². The van der Waals surface area contributed by atoms with E-state index in [1.807, 2.05) is 24.3 Å². The Morgan fingerprint density at radius 2 is 1.89 bits per heavy atom. The Labute approximate surface area is 202 Å². The normalized spacial score (nSPS) is 15.4. The molecule has 4 rings (SSSR count). The number of rotatable bonds is 10. The molecule has 1 amide bonds. The van der Waals surface area contributed by atoms with Gasteiger partial charge in [0.1, 0.15) is 6.67 Å². The van der Waals surface area contributed by atoms with E-state index < -0.39 is 5.82 Å². The zero-order valence-corrected chi connectivity index (χ0v) is 19.1. The third-order valence-electron chi connectivity index (χ3n) is 5.51. The Balaban J connectivity index is 1.38. The van der Waals surface area contributed by atoms with Crippen molar-refractivity contribution in [3.05, 3.63) is 73.2 Å². The molecular formula is C25H27F2N7O. The van der Waals surface area contributed by atoms with Gasteiger partial charge in [-0.1, -0.05) is 12.6 Å². The molecule has 1 aliphatic rings. The van der Waals surface area contributed by atoms with Gasteiger partial charge in [0.25, 0.3) is 0 Å². The highest BCUT2D eigenvalue weighted by molar-refractivity contribution is 5.99. The first-order valence-corrected chi connectivity index (χ1v) is 11.3. The molecule has 1 fully saturated rings. The second-order valence-electron chi connectivity index (χ2n) is 8.11. The van der Waals surface area contributed by atoms with Crippen LogP contribution in [-0.2, 0) is 4.79 Å². The molecule has 0 saturated carbocycles. The highest BCUT2D eigenvalue weighted by atomic mass is 19.1. The second-order valence-corrected chi connectivity index (χ2v) is 8.11. The quantitative estimate of drug-likeness (QED) is 0.314. The second kappa shape index (κ2) is 11.4. The number of nitrogens with one attached hydrogen (secondary N) is 4. The van der Waals surface area contributed by atoms with Crippen molar-refractivity contribution >= 4 is 40.4 Å². The lowest BCUT2D eigenvalue weighted by Gasteiger charge is -2.16. The first-order chi connectivity index (χ1) is 17.0. The van der Waals surface area contributed by atoms with E-state index >= 15 is 0 Å². The van der Waals surface area contributed by atoms with Crippen LogP contribution in [0.5, 0.6) is 0 Å². The van der Waals surface area contributed by atoms with Crippen LogP contribution < -0.4 is 21.3 Å². The summed E-state index contributed by atoms with van der Waals surface area (Å²) < 4.78 is 26.9. The maximum absolute atomic E-state index is 14.4. The molecule has 4 N–H and O–H groups in total. The molecule has 2 heterocycles. The van der Waals surface area contributed by atoms with Gasteiger partial charge in [0, 0.05) is 48.4 Å². The number of likely N-dealkylation sites (tertiary alicyclic amines) is 1. The summed E-state index contributed by atoms with van der Waals surface area (Å²) in [6.45, 7) is 5.30. The van der Waals surface area contributed by atoms with Gasteiger partial charge in [-0.2, -0.15) is 4.98 Å². The Kier molecular flexibility index (Phi) is 7.84. The van der Waals surface area contributed by atoms with Crippen molar-refractivity contribution in [1.29, 1.82) is 0 Å². The number of aromatic nitrogens is 2. The van der Waals surface area contributed by atoms with Gasteiger partial charge < -0.3 is 21.3 Å². The molecule has 0 radical (unpaired) electrons. The molecule has 10 heteroatoms. The lowest BCUT2D eigenvalue weighted by Crippen LogP contribution is -2.27. The van der Waals surface area contributed by atoms with Gasteiger partial charge in [0.05, 0.1) is 6.20 Å². The summed E-state index contributed by atoms with van der Waals surface area (Å²) in [6, 6.07) is 14.7. The predicted octanol–water partition coefficient (Wildman–Crippen LogP) is 4.68. The molecule has 0 bridgehead atoms. The van der Waals surface area contributed by atoms with E-state index in [2.05, 4.69) is 42.7 Å². The number of carbonyl (C=O) groups excluding carboxylic acids is 1. The standard InChI is InChI=1S/C25H27F2N7O/c1-2-23(35)30-19-4-3-5-20(14-19)31-24-22(27)15-28-25(33-24)32-18-8-6-17(7-9-18)29-21-10-12-34(16-21)13-11-26/h2-9,14-15,21,29H,1,10-13,16H2,(H,30,35)(H2,28,31,32,33)/t21-/m0/s1. The molecule has 1 saturated heterocycles. The fourth-order valence-corrected chi connectivity index (χ4v) is 3.81. The van der Waals surface area contributed by atoms with E-state index in [-0.39, 0.29) is 30.4 Å². The van der Waals surface area contributed by atoms with E-state index in [1.54, 1.807) is 24.3 Å². The van der Waals surface area contributed by atoms with Crippen LogP contribution in [0.3, 0.4) is 0 Å². The van der Waals surface area contributed by atoms with Crippen molar-refractivity contribution in [2.24, 2.45) is 0 Å². The van der Waals surface area contributed by atoms with E-state index in [4.69, 9.17) is 0 Å². The molecule has 0 spiro atoms. The number of hydrogen-bond donors (Lipinski definition) is 4. The summed E-state index contributed by atoms with van der Waals surface area (Å²) in [6.07, 6.45) is 3.23. The molecule has 0 aliphatic carbocycles. The van der Waals surface area contributed by atoms with Crippen LogP contribution in [0.1, 0.15) is 6.42 Å². The van der Waals surface area contributed by atoms with Crippen LogP contribution in [0.15, 0.2) is 67.4 Å². The summed E-state index contributed by atoms with van der Waals surface area (Å²) in [5, 5.41) is 12.1. The fourth-order valence-electron chi connectivity index (χ4n) is 3.81. The van der Waals surface area contributed by atoms with Crippen molar-refractivity contribution in [2.45, 2.75) is 12.5 Å². The lowest BCUT2D eigenvalue weighted by molar-refractivity contribution is -0.111. The molecule has 182 valence electrons. The summed E-state index contributed by atoms with van der Waals surface area (Å²) in [5.41, 5.74) is 2.79. The first kappa shape index (κ1) is 24.1. The monoisotopic (exact) mass is 479 g/mol. The Bertz CT molecular complexity index is 1170. The zero-order chi connectivity index (χ0) is 24.6. The molecule has 2 aromatic carbocycles. The van der Waals surface area contributed by atoms with E-state index in [1.165, 1.54) is 6.08 Å². The predicted molar refractivity (Wildman–Crippen MR) is 135 cm³/mol. The first-order valence-electron chi connectivity index (χ1n) is 11.3. The highest BCUT2D eigenvalue weighted by Crippen LogP contribution is 2.24. The molecule has 1 aliphatic heterocycles. The number of amides is 1. The van der Waals surface area contributed by atoms with Crippen LogP contribution in [0.25, 0.3) is 0 Å². The molecule has 3 aromatic rings. The summed E-state index contributed by atoms with van der Waals surface area (Å²) in [5.74, 6) is -0.741. The van der Waals surface area contributed by atoms with Gasteiger partial charge >= 0.3 is 0 Å². The molecule has 35 heavy (non-hydrogen) atoms. The van der Waals surface area contributed by atoms with E-state index in [0.717, 1.165) is 37.1 Å². The third-order valence-corrected chi connectivity index (χ3v) is 5.51. The highest BCUT2D eigenvalue weighted by Gasteiger charge is 2.21. The van der Waals surface area contributed by atoms with Crippen molar-refractivity contribution < 1.29 is 13.6 Å². The number of benzene rings is 2. The average Bonchev–Trinajstić information content (AvgIpc) is 3.29. The maximum atomic E-state index is 14.4. The summed E-state index contributed by atoms with van der Waals surface area (Å²) in [7, 11) is 0. The van der Waals surface area contributed by atoms with Crippen LogP contribution >= 0.6 is 0 Å². The summed E-state index contributed by atoms with van der Waals surface area (Å²) in [4.78, 5) is 21.9. The minimum atomic E-state index is -0.617. The number of carbonyl (C=O) groups is 1. The third kappa shape index (κ3) is 6.73. The number of anilines is 6. The average molecular weight is 480 g/mol. The largest absolute Gasteiger partial charge is 0.381 e. The smallest absolute Gasteiger partial charge is 0.247 e. The Hall–Kier alpha value is -4.05. The molecule has 1 atom stereocenters. The number of halogens is 2. The van der Waals surface area contributed by atoms with Gasteiger partial charge in [-0.05, 0) is 55.0 Å². The van der Waals surface area contributed by atoms with Crippen LogP contribution in [-0.4, -0.2) is 53.1 Å². The van der Waals surface area contributed by atoms with Crippen molar-refractivity contribution in [3.63, 3.8) is 0 Å². The van der Waals surface area contributed by atoms with Gasteiger partial charge in [0.15, 0.2) is 11.6 Å². The minimum absolute atomic E-state index is 0.00736. The molecule has 1 aromatic heterocycles. The Morgan fingerprint density at radius 1 is 1.11 bits per heavy atom. The fraction of sp³-hybridized carbons (Fsp3) is 0.240. The zero-order valence-electron chi connectivity index (χ0n) is 19.1. The van der Waals surface area contributed by atoms with Gasteiger partial charge in [-0.15, -0.1) is 0 Å². The lowest BCUT2D eigenvalue weighted by atomic mass is 10.2. The Morgan fingerprint density at radius 3 is 2.66 bits per heavy atom. The van der Waals surface area contributed by atoms with E-state index in [0.29, 0.717) is 17.9 Å². The van der Waals surface area contributed by atoms with Crippen LogP contribution in [0.2, 0.25) is 0 Å². The number of hydrogen-bond acceptors (Lipinski definition) is 7. The van der Waals surface area contributed by atoms with E-state index in [9.17, 15) is 13.6 Å². The molecule has 0 unspecified atom stereocenters. The van der Waals surface area contributed by atoms with Crippen LogP contribution in [0.4, 0.5) is 43.3 Å².